The third-order valence-electron chi connectivity index (χ3n) is 5.14. The van der Waals surface area contributed by atoms with Gasteiger partial charge in [-0.3, -0.25) is 0 Å². The Hall–Kier alpha value is -1.87. The summed E-state index contributed by atoms with van der Waals surface area (Å²) in [6, 6.07) is 11.7. The Morgan fingerprint density at radius 3 is 2.52 bits per heavy atom. The SMILES string of the molecule is CCc1cc(N2CCC(c3ccccc3F)CC2)cc(C)c1[NH3+]. The standard InChI is InChI=1S/C20H25FN2/c1-3-15-13-17(12-14(2)20(15)22)23-10-8-16(9-11-23)18-6-4-5-7-19(18)21/h4-7,12-13,16H,3,8-11,22H2,1-2H3/p+1. The molecule has 1 saturated heterocycles. The molecule has 1 aliphatic heterocycles. The zero-order valence-corrected chi connectivity index (χ0v) is 14.1. The van der Waals surface area contributed by atoms with Gasteiger partial charge in [0.25, 0.3) is 0 Å². The molecule has 0 aliphatic carbocycles. The third-order valence-corrected chi connectivity index (χ3v) is 5.14. The second kappa shape index (κ2) is 6.71. The van der Waals surface area contributed by atoms with E-state index in [9.17, 15) is 4.39 Å². The summed E-state index contributed by atoms with van der Waals surface area (Å²) in [6.07, 6.45) is 3.03. The van der Waals surface area contributed by atoms with E-state index in [4.69, 9.17) is 0 Å². The Balaban J connectivity index is 1.75. The molecule has 1 aliphatic rings. The molecular weight excluding hydrogens is 287 g/mol. The van der Waals surface area contributed by atoms with E-state index in [2.05, 4.69) is 36.6 Å². The molecule has 1 fully saturated rings. The molecule has 0 amide bonds. The molecule has 0 spiro atoms. The highest BCUT2D eigenvalue weighted by molar-refractivity contribution is 5.59. The van der Waals surface area contributed by atoms with Gasteiger partial charge in [0, 0.05) is 29.9 Å². The number of benzene rings is 2. The summed E-state index contributed by atoms with van der Waals surface area (Å²) in [5.74, 6) is 0.280. The van der Waals surface area contributed by atoms with Gasteiger partial charge in [0.2, 0.25) is 0 Å². The predicted molar refractivity (Wildman–Crippen MR) is 93.7 cm³/mol. The van der Waals surface area contributed by atoms with E-state index in [1.807, 2.05) is 12.1 Å². The van der Waals surface area contributed by atoms with Crippen LogP contribution in [0, 0.1) is 12.7 Å². The summed E-state index contributed by atoms with van der Waals surface area (Å²) in [5.41, 5.74) is 10.1. The number of rotatable bonds is 3. The fraction of sp³-hybridized carbons (Fsp3) is 0.400. The van der Waals surface area contributed by atoms with Crippen molar-refractivity contribution >= 4 is 11.4 Å². The van der Waals surface area contributed by atoms with Gasteiger partial charge in [0.1, 0.15) is 11.5 Å². The molecule has 2 aromatic rings. The van der Waals surface area contributed by atoms with Crippen LogP contribution in [0.3, 0.4) is 0 Å². The maximum absolute atomic E-state index is 14.0. The maximum atomic E-state index is 14.0. The molecule has 2 nitrogen and oxygen atoms in total. The molecule has 0 radical (unpaired) electrons. The average Bonchev–Trinajstić information content (AvgIpc) is 2.58. The van der Waals surface area contributed by atoms with Gasteiger partial charge >= 0.3 is 0 Å². The van der Waals surface area contributed by atoms with Gasteiger partial charge in [-0.15, -0.1) is 0 Å². The summed E-state index contributed by atoms with van der Waals surface area (Å²) in [5, 5.41) is 0. The van der Waals surface area contributed by atoms with Gasteiger partial charge < -0.3 is 10.6 Å². The van der Waals surface area contributed by atoms with Crippen LogP contribution in [0.4, 0.5) is 15.8 Å². The fourth-order valence-corrected chi connectivity index (χ4v) is 3.62. The van der Waals surface area contributed by atoms with Crippen molar-refractivity contribution in [2.45, 2.75) is 39.0 Å². The van der Waals surface area contributed by atoms with Crippen LogP contribution < -0.4 is 10.6 Å². The smallest absolute Gasteiger partial charge is 0.134 e. The van der Waals surface area contributed by atoms with Crippen molar-refractivity contribution in [3.8, 4) is 0 Å². The normalized spacial score (nSPS) is 15.9. The topological polar surface area (TPSA) is 30.9 Å². The van der Waals surface area contributed by atoms with Crippen molar-refractivity contribution in [1.82, 2.24) is 0 Å². The number of piperidine rings is 1. The van der Waals surface area contributed by atoms with Crippen LogP contribution >= 0.6 is 0 Å². The molecule has 2 aromatic carbocycles. The van der Waals surface area contributed by atoms with Crippen molar-refractivity contribution < 1.29 is 10.1 Å². The van der Waals surface area contributed by atoms with Gasteiger partial charge in [-0.25, -0.2) is 4.39 Å². The lowest BCUT2D eigenvalue weighted by Crippen LogP contribution is -2.42. The number of nitrogens with zero attached hydrogens (tertiary/aromatic N) is 1. The molecule has 122 valence electrons. The largest absolute Gasteiger partial charge is 0.371 e. The highest BCUT2D eigenvalue weighted by Gasteiger charge is 2.23. The molecule has 3 heteroatoms. The zero-order valence-electron chi connectivity index (χ0n) is 14.1. The van der Waals surface area contributed by atoms with Gasteiger partial charge in [-0.2, -0.15) is 0 Å². The molecule has 0 aromatic heterocycles. The lowest BCUT2D eigenvalue weighted by molar-refractivity contribution is -0.256. The Labute approximate surface area is 138 Å². The number of aryl methyl sites for hydroxylation is 2. The van der Waals surface area contributed by atoms with Gasteiger partial charge in [0.15, 0.2) is 0 Å². The summed E-state index contributed by atoms with van der Waals surface area (Å²) in [4.78, 5) is 2.43. The first kappa shape index (κ1) is 16.0. The predicted octanol–water partition coefficient (Wildman–Crippen LogP) is 3.95. The van der Waals surface area contributed by atoms with Crippen molar-refractivity contribution in [3.63, 3.8) is 0 Å². The minimum absolute atomic E-state index is 0.0588. The molecule has 23 heavy (non-hydrogen) atoms. The molecule has 0 unspecified atom stereocenters. The summed E-state index contributed by atoms with van der Waals surface area (Å²) in [7, 11) is 0. The second-order valence-corrected chi connectivity index (χ2v) is 6.54. The van der Waals surface area contributed by atoms with Crippen LogP contribution in [0.15, 0.2) is 36.4 Å². The van der Waals surface area contributed by atoms with Crippen molar-refractivity contribution in [3.05, 3.63) is 58.9 Å². The molecule has 0 saturated carbocycles. The molecular formula is C20H26FN2+. The lowest BCUT2D eigenvalue weighted by atomic mass is 9.88. The Morgan fingerprint density at radius 1 is 1.17 bits per heavy atom. The van der Waals surface area contributed by atoms with Gasteiger partial charge in [0.05, 0.1) is 0 Å². The zero-order chi connectivity index (χ0) is 16.4. The summed E-state index contributed by atoms with van der Waals surface area (Å²) < 4.78 is 14.0. The summed E-state index contributed by atoms with van der Waals surface area (Å²) in [6.45, 7) is 6.28. The highest BCUT2D eigenvalue weighted by atomic mass is 19.1. The third kappa shape index (κ3) is 3.25. The number of anilines is 1. The minimum atomic E-state index is -0.0588. The van der Waals surface area contributed by atoms with E-state index in [0.717, 1.165) is 43.6 Å². The van der Waals surface area contributed by atoms with Crippen LogP contribution in [-0.2, 0) is 6.42 Å². The first-order chi connectivity index (χ1) is 11.1. The molecule has 0 bridgehead atoms. The van der Waals surface area contributed by atoms with Crippen LogP contribution in [0.25, 0.3) is 0 Å². The molecule has 0 atom stereocenters. The Bertz CT molecular complexity index is 688. The molecule has 1 heterocycles. The van der Waals surface area contributed by atoms with Crippen LogP contribution in [0.1, 0.15) is 42.4 Å². The van der Waals surface area contributed by atoms with E-state index >= 15 is 0 Å². The first-order valence-corrected chi connectivity index (χ1v) is 8.55. The number of halogens is 1. The number of hydrogen-bond donors (Lipinski definition) is 1. The van der Waals surface area contributed by atoms with Gasteiger partial charge in [-0.05, 0) is 55.9 Å². The monoisotopic (exact) mass is 313 g/mol. The van der Waals surface area contributed by atoms with Crippen LogP contribution in [0.5, 0.6) is 0 Å². The van der Waals surface area contributed by atoms with E-state index in [0.29, 0.717) is 5.92 Å². The van der Waals surface area contributed by atoms with Crippen molar-refractivity contribution in [2.24, 2.45) is 0 Å². The van der Waals surface area contributed by atoms with E-state index in [1.54, 1.807) is 12.1 Å². The highest BCUT2D eigenvalue weighted by Crippen LogP contribution is 2.33. The van der Waals surface area contributed by atoms with Crippen molar-refractivity contribution in [2.75, 3.05) is 18.0 Å². The number of hydrogen-bond acceptors (Lipinski definition) is 1. The number of quaternary nitrogens is 1. The first-order valence-electron chi connectivity index (χ1n) is 8.55. The molecule has 3 rings (SSSR count). The lowest BCUT2D eigenvalue weighted by Gasteiger charge is -2.34. The average molecular weight is 313 g/mol. The van der Waals surface area contributed by atoms with Crippen LogP contribution in [-0.4, -0.2) is 13.1 Å². The van der Waals surface area contributed by atoms with Crippen LogP contribution in [0.2, 0.25) is 0 Å². The molecule has 3 N–H and O–H groups in total. The van der Waals surface area contributed by atoms with Gasteiger partial charge in [-0.1, -0.05) is 25.1 Å². The van der Waals surface area contributed by atoms with E-state index in [1.165, 1.54) is 16.8 Å². The Morgan fingerprint density at radius 2 is 1.87 bits per heavy atom. The second-order valence-electron chi connectivity index (χ2n) is 6.54. The van der Waals surface area contributed by atoms with Crippen molar-refractivity contribution in [1.29, 1.82) is 0 Å². The van der Waals surface area contributed by atoms with E-state index in [-0.39, 0.29) is 5.82 Å². The van der Waals surface area contributed by atoms with E-state index < -0.39 is 0 Å². The minimum Gasteiger partial charge on any atom is -0.371 e. The summed E-state index contributed by atoms with van der Waals surface area (Å²) >= 11 is 0. The quantitative estimate of drug-likeness (QED) is 0.914. The fourth-order valence-electron chi connectivity index (χ4n) is 3.62. The Kier molecular flexibility index (Phi) is 4.67. The maximum Gasteiger partial charge on any atom is 0.134 e.